The Morgan fingerprint density at radius 2 is 1.03 bits per heavy atom. The Labute approximate surface area is 356 Å². The van der Waals surface area contributed by atoms with Gasteiger partial charge in [0.1, 0.15) is 28.6 Å². The van der Waals surface area contributed by atoms with E-state index in [-0.39, 0.29) is 18.6 Å². The summed E-state index contributed by atoms with van der Waals surface area (Å²) in [5, 5.41) is 19.2. The number of carbonyl (C=O) groups is 2. The first-order valence-corrected chi connectivity index (χ1v) is 20.4. The Morgan fingerprint density at radius 1 is 0.583 bits per heavy atom. The van der Waals surface area contributed by atoms with E-state index in [9.17, 15) is 19.8 Å². The zero-order chi connectivity index (χ0) is 43.8. The minimum absolute atomic E-state index is 0.0334. The molecule has 1 unspecified atom stereocenters. The predicted octanol–water partition coefficient (Wildman–Crippen LogP) is 10.2. The van der Waals surface area contributed by atoms with Crippen LogP contribution in [0.2, 0.25) is 0 Å². The van der Waals surface area contributed by atoms with Crippen LogP contribution in [0.25, 0.3) is 24.3 Å². The minimum atomic E-state index is -0.496. The molecule has 4 aromatic carbocycles. The van der Waals surface area contributed by atoms with Crippen molar-refractivity contribution in [3.8, 4) is 23.0 Å². The fourth-order valence-electron chi connectivity index (χ4n) is 6.65. The van der Waals surface area contributed by atoms with Crippen LogP contribution < -0.4 is 18.9 Å². The number of aliphatic hydroxyl groups is 2. The highest BCUT2D eigenvalue weighted by atomic mass is 16.5. The van der Waals surface area contributed by atoms with Gasteiger partial charge in [-0.05, 0) is 151 Å². The quantitative estimate of drug-likeness (QED) is 0.0378. The zero-order valence-corrected chi connectivity index (χ0v) is 36.4. The van der Waals surface area contributed by atoms with E-state index in [1.54, 1.807) is 14.2 Å². The van der Waals surface area contributed by atoms with E-state index in [1.165, 1.54) is 0 Å². The Morgan fingerprint density at radius 3 is 1.45 bits per heavy atom. The van der Waals surface area contributed by atoms with Crippen molar-refractivity contribution in [2.75, 3.05) is 34.0 Å². The molecule has 0 bridgehead atoms. The van der Waals surface area contributed by atoms with Crippen molar-refractivity contribution in [1.82, 2.24) is 0 Å². The molecular weight excluding hydrogens is 761 g/mol. The first-order valence-electron chi connectivity index (χ1n) is 20.4. The Kier molecular flexibility index (Phi) is 21.0. The molecule has 1 atom stereocenters. The number of benzene rings is 4. The van der Waals surface area contributed by atoms with Crippen molar-refractivity contribution >= 4 is 37.2 Å². The van der Waals surface area contributed by atoms with E-state index < -0.39 is 5.60 Å². The van der Waals surface area contributed by atoms with Crippen LogP contribution in [0.4, 0.5) is 0 Å². The molecule has 2 N–H and O–H groups in total. The summed E-state index contributed by atoms with van der Waals surface area (Å²) in [6, 6.07) is 27.1. The number of carbonyl (C=O) groups excluding carboxylic acids is 2. The lowest BCUT2D eigenvalue weighted by molar-refractivity contribution is -0.141. The van der Waals surface area contributed by atoms with Crippen molar-refractivity contribution < 1.29 is 48.2 Å². The van der Waals surface area contributed by atoms with Crippen molar-refractivity contribution in [2.45, 2.75) is 85.5 Å². The van der Waals surface area contributed by atoms with Gasteiger partial charge in [-0.25, -0.2) is 0 Å². The van der Waals surface area contributed by atoms with Crippen molar-refractivity contribution in [3.05, 3.63) is 118 Å². The molecule has 0 saturated carbocycles. The molecule has 10 nitrogen and oxygen atoms in total. The van der Waals surface area contributed by atoms with Gasteiger partial charge in [-0.15, -0.1) is 0 Å². The summed E-state index contributed by atoms with van der Waals surface area (Å²) < 4.78 is 32.1. The summed E-state index contributed by atoms with van der Waals surface area (Å²) in [6.07, 6.45) is 12.4. The minimum Gasteiger partial charge on any atom is -0.497 e. The highest BCUT2D eigenvalue weighted by molar-refractivity contribution is 5.71. The molecule has 0 heterocycles. The largest absolute Gasteiger partial charge is 0.497 e. The van der Waals surface area contributed by atoms with Gasteiger partial charge in [-0.3, -0.25) is 9.59 Å². The third kappa shape index (κ3) is 19.0. The SMILES string of the molecule is COc1ccc(/C=C/c2cc(CO)cc(OCCCC(C)(C)CC(C)COC=O)c2)cc1.COc1ccc(/C=C/c2cc(CO)cc(OCCCC(C)(C)OC=O)c2)cc1. The molecule has 324 valence electrons. The van der Waals surface area contributed by atoms with Crippen LogP contribution in [-0.4, -0.2) is 62.8 Å². The second-order valence-electron chi connectivity index (χ2n) is 16.1. The number of methoxy groups -OCH3 is 2. The van der Waals surface area contributed by atoms with Crippen LogP contribution in [-0.2, 0) is 32.3 Å². The highest BCUT2D eigenvalue weighted by Crippen LogP contribution is 2.31. The van der Waals surface area contributed by atoms with Gasteiger partial charge in [-0.2, -0.15) is 0 Å². The van der Waals surface area contributed by atoms with Gasteiger partial charge < -0.3 is 38.6 Å². The van der Waals surface area contributed by atoms with Crippen LogP contribution in [0.5, 0.6) is 23.0 Å². The van der Waals surface area contributed by atoms with Gasteiger partial charge in [0.2, 0.25) is 0 Å². The Bertz CT molecular complexity index is 1910. The molecule has 0 aliphatic heterocycles. The van der Waals surface area contributed by atoms with Crippen LogP contribution in [0.15, 0.2) is 84.9 Å². The van der Waals surface area contributed by atoms with Crippen molar-refractivity contribution in [2.24, 2.45) is 11.3 Å². The standard InChI is InChI=1S/C27H36O5.C23H28O5/c1-21(19-31-20-29)17-27(2,3)12-5-13-32-26-15-23(14-24(16-26)18-28)7-6-22-8-10-25(30-4)11-9-22;1-23(2,28-17-25)11-4-12-27-22-14-19(13-20(15-22)16-24)6-5-18-7-9-21(26-3)10-8-18/h6-11,14-16,20-21,28H,5,12-13,17-19H2,1-4H3;5-10,13-15,17,24H,4,11-12,16H2,1-3H3/b7-6+;6-5+. The van der Waals surface area contributed by atoms with Gasteiger partial charge in [0.25, 0.3) is 12.9 Å². The van der Waals surface area contributed by atoms with E-state index in [4.69, 9.17) is 28.4 Å². The lowest BCUT2D eigenvalue weighted by Gasteiger charge is -2.27. The van der Waals surface area contributed by atoms with Crippen LogP contribution >= 0.6 is 0 Å². The number of aliphatic hydroxyl groups excluding tert-OH is 2. The lowest BCUT2D eigenvalue weighted by atomic mass is 9.80. The maximum atomic E-state index is 10.5. The van der Waals surface area contributed by atoms with Gasteiger partial charge in [-0.1, -0.05) is 69.3 Å². The molecule has 0 fully saturated rings. The third-order valence-corrected chi connectivity index (χ3v) is 9.69. The lowest BCUT2D eigenvalue weighted by Crippen LogP contribution is -2.24. The molecule has 4 aromatic rings. The molecule has 0 spiro atoms. The molecule has 0 amide bonds. The highest BCUT2D eigenvalue weighted by Gasteiger charge is 2.21. The monoisotopic (exact) mass is 824 g/mol. The first kappa shape index (κ1) is 48.8. The van der Waals surface area contributed by atoms with E-state index in [1.807, 2.05) is 123 Å². The topological polar surface area (TPSA) is 130 Å². The molecule has 0 aromatic heterocycles. The molecule has 0 aliphatic rings. The van der Waals surface area contributed by atoms with Gasteiger partial charge in [0, 0.05) is 0 Å². The normalized spacial score (nSPS) is 12.0. The summed E-state index contributed by atoms with van der Waals surface area (Å²) in [6.45, 7) is 12.8. The number of hydrogen-bond acceptors (Lipinski definition) is 10. The molecule has 60 heavy (non-hydrogen) atoms. The first-order chi connectivity index (χ1) is 28.8. The molecular formula is C50H64O10. The molecule has 0 saturated heterocycles. The molecule has 10 heteroatoms. The van der Waals surface area contributed by atoms with E-state index in [0.717, 1.165) is 76.3 Å². The maximum absolute atomic E-state index is 10.5. The van der Waals surface area contributed by atoms with E-state index in [0.29, 0.717) is 50.9 Å². The second-order valence-corrected chi connectivity index (χ2v) is 16.1. The number of rotatable bonds is 25. The fraction of sp³-hybridized carbons (Fsp3) is 0.400. The zero-order valence-electron chi connectivity index (χ0n) is 36.4. The Balaban J connectivity index is 0.000000323. The van der Waals surface area contributed by atoms with Crippen molar-refractivity contribution in [3.63, 3.8) is 0 Å². The second kappa shape index (κ2) is 25.8. The maximum Gasteiger partial charge on any atom is 0.293 e. The van der Waals surface area contributed by atoms with Gasteiger partial charge >= 0.3 is 0 Å². The summed E-state index contributed by atoms with van der Waals surface area (Å²) in [5.74, 6) is 3.44. The fourth-order valence-corrected chi connectivity index (χ4v) is 6.65. The summed E-state index contributed by atoms with van der Waals surface area (Å²) in [4.78, 5) is 20.9. The predicted molar refractivity (Wildman–Crippen MR) is 239 cm³/mol. The van der Waals surface area contributed by atoms with Gasteiger partial charge in [0.05, 0.1) is 47.3 Å². The smallest absolute Gasteiger partial charge is 0.293 e. The Hall–Kier alpha value is -5.58. The molecule has 0 radical (unpaired) electrons. The van der Waals surface area contributed by atoms with Crippen molar-refractivity contribution in [1.29, 1.82) is 0 Å². The van der Waals surface area contributed by atoms with Crippen LogP contribution in [0.1, 0.15) is 100 Å². The van der Waals surface area contributed by atoms with Gasteiger partial charge in [0.15, 0.2) is 0 Å². The average molecular weight is 825 g/mol. The summed E-state index contributed by atoms with van der Waals surface area (Å²) in [7, 11) is 3.29. The molecule has 4 rings (SSSR count). The number of hydrogen-bond donors (Lipinski definition) is 2. The molecule has 0 aliphatic carbocycles. The average Bonchev–Trinajstić information content (AvgIpc) is 3.24. The number of ether oxygens (including phenoxy) is 6. The van der Waals surface area contributed by atoms with E-state index in [2.05, 4.69) is 20.8 Å². The third-order valence-electron chi connectivity index (χ3n) is 9.69. The van der Waals surface area contributed by atoms with E-state index >= 15 is 0 Å². The van der Waals surface area contributed by atoms with Crippen LogP contribution in [0, 0.1) is 11.3 Å². The van der Waals surface area contributed by atoms with Crippen LogP contribution in [0.3, 0.4) is 0 Å². The summed E-state index contributed by atoms with van der Waals surface area (Å²) in [5.41, 5.74) is 5.30. The summed E-state index contributed by atoms with van der Waals surface area (Å²) >= 11 is 0.